The Balaban J connectivity index is 2.30. The van der Waals surface area contributed by atoms with E-state index in [1.165, 1.54) is 0 Å². The first-order chi connectivity index (χ1) is 8.88. The molecule has 2 rings (SSSR count). The van der Waals surface area contributed by atoms with Crippen LogP contribution in [0, 0.1) is 5.92 Å². The minimum Gasteiger partial charge on any atom is -0.433 e. The van der Waals surface area contributed by atoms with Crippen LogP contribution in [0.4, 0.5) is 0 Å². The molecule has 1 amide bonds. The number of morpholine rings is 1. The van der Waals surface area contributed by atoms with Crippen LogP contribution in [-0.4, -0.2) is 42.4 Å². The van der Waals surface area contributed by atoms with Gasteiger partial charge in [-0.15, -0.1) is 0 Å². The van der Waals surface area contributed by atoms with E-state index in [4.69, 9.17) is 8.92 Å². The Labute approximate surface area is 118 Å². The number of rotatable bonds is 2. The zero-order valence-corrected chi connectivity index (χ0v) is 12.3. The molecule has 1 aliphatic carbocycles. The van der Waals surface area contributed by atoms with Crippen LogP contribution in [0.2, 0.25) is 0 Å². The highest BCUT2D eigenvalue weighted by atomic mass is 32.1. The molecule has 1 fully saturated rings. The van der Waals surface area contributed by atoms with Gasteiger partial charge in [-0.05, 0) is 5.92 Å². The van der Waals surface area contributed by atoms with Gasteiger partial charge in [-0.2, -0.15) is 0 Å². The molecule has 6 heteroatoms. The number of ketones is 1. The number of likely N-dealkylation sites (N-methyl/N-ethyl adjacent to an activating group) is 1. The predicted molar refractivity (Wildman–Crippen MR) is 72.5 cm³/mol. The molecular weight excluding hydrogens is 266 g/mol. The molecule has 1 spiro atoms. The van der Waals surface area contributed by atoms with Gasteiger partial charge < -0.3 is 13.8 Å². The lowest BCUT2D eigenvalue weighted by molar-refractivity contribution is -0.166. The average molecular weight is 285 g/mol. The first-order valence-electron chi connectivity index (χ1n) is 6.34. The Bertz CT molecular complexity index is 446. The molecule has 0 saturated carbocycles. The number of allylic oxidation sites excluding steroid dienone is 1. The van der Waals surface area contributed by atoms with Crippen molar-refractivity contribution < 1.29 is 18.5 Å². The van der Waals surface area contributed by atoms with Crippen molar-refractivity contribution in [3.05, 3.63) is 11.3 Å². The number of thiol groups is 1. The summed E-state index contributed by atoms with van der Waals surface area (Å²) in [6, 6.07) is 0. The van der Waals surface area contributed by atoms with E-state index in [-0.39, 0.29) is 24.2 Å². The quantitative estimate of drug-likeness (QED) is 0.614. The van der Waals surface area contributed by atoms with Crippen LogP contribution in [0.1, 0.15) is 26.7 Å². The molecule has 19 heavy (non-hydrogen) atoms. The lowest BCUT2D eigenvalue weighted by atomic mass is 9.79. The van der Waals surface area contributed by atoms with Gasteiger partial charge in [0.25, 0.3) is 0 Å². The van der Waals surface area contributed by atoms with Crippen molar-refractivity contribution in [2.75, 3.05) is 20.2 Å². The third-order valence-corrected chi connectivity index (χ3v) is 3.93. The number of carbonyl (C=O) groups excluding carboxylic acids is 2. The molecule has 5 nitrogen and oxygen atoms in total. The Kier molecular flexibility index (Phi) is 3.92. The van der Waals surface area contributed by atoms with Crippen molar-refractivity contribution in [3.63, 3.8) is 0 Å². The SMILES string of the molecule is CC(C)C1=C(OS)CC2(CC1=O)CN(C)C(=O)CO2. The summed E-state index contributed by atoms with van der Waals surface area (Å²) >= 11 is 3.85. The highest BCUT2D eigenvalue weighted by Crippen LogP contribution is 2.39. The second kappa shape index (κ2) is 5.17. The van der Waals surface area contributed by atoms with Crippen molar-refractivity contribution in [2.24, 2.45) is 5.92 Å². The maximum absolute atomic E-state index is 12.3. The Hall–Kier alpha value is -1.01. The lowest BCUT2D eigenvalue weighted by Crippen LogP contribution is -2.55. The summed E-state index contributed by atoms with van der Waals surface area (Å²) in [6.45, 7) is 4.33. The van der Waals surface area contributed by atoms with E-state index < -0.39 is 5.60 Å². The number of carbonyl (C=O) groups is 2. The smallest absolute Gasteiger partial charge is 0.248 e. The fraction of sp³-hybridized carbons (Fsp3) is 0.692. The van der Waals surface area contributed by atoms with Crippen LogP contribution in [0.15, 0.2) is 11.3 Å². The summed E-state index contributed by atoms with van der Waals surface area (Å²) in [6.07, 6.45) is 0.770. The summed E-state index contributed by atoms with van der Waals surface area (Å²) in [7, 11) is 1.72. The van der Waals surface area contributed by atoms with Crippen molar-refractivity contribution in [1.82, 2.24) is 4.90 Å². The Morgan fingerprint density at radius 2 is 2.05 bits per heavy atom. The molecule has 0 aromatic rings. The van der Waals surface area contributed by atoms with Gasteiger partial charge in [-0.1, -0.05) is 13.8 Å². The summed E-state index contributed by atoms with van der Waals surface area (Å²) < 4.78 is 10.8. The molecule has 1 atom stereocenters. The van der Waals surface area contributed by atoms with Gasteiger partial charge in [0.1, 0.15) is 18.0 Å². The molecule has 0 bridgehead atoms. The van der Waals surface area contributed by atoms with Crippen molar-refractivity contribution in [1.29, 1.82) is 0 Å². The maximum atomic E-state index is 12.3. The zero-order chi connectivity index (χ0) is 14.2. The third kappa shape index (κ3) is 2.65. The summed E-state index contributed by atoms with van der Waals surface area (Å²) in [5.41, 5.74) is 0.0275. The molecule has 1 heterocycles. The van der Waals surface area contributed by atoms with Crippen LogP contribution in [0.5, 0.6) is 0 Å². The fourth-order valence-electron chi connectivity index (χ4n) is 2.82. The van der Waals surface area contributed by atoms with Crippen LogP contribution in [0.3, 0.4) is 0 Å². The van der Waals surface area contributed by atoms with Crippen LogP contribution < -0.4 is 0 Å². The normalized spacial score (nSPS) is 28.6. The minimum absolute atomic E-state index is 0.0145. The van der Waals surface area contributed by atoms with Crippen LogP contribution in [-0.2, 0) is 18.5 Å². The van der Waals surface area contributed by atoms with Gasteiger partial charge in [-0.3, -0.25) is 9.59 Å². The number of nitrogens with zero attached hydrogens (tertiary/aromatic N) is 1. The van der Waals surface area contributed by atoms with Gasteiger partial charge in [0.15, 0.2) is 5.78 Å². The molecule has 106 valence electrons. The standard InChI is InChI=1S/C13H19NO4S/c1-8(2)12-9(15)4-13(5-10(12)18-19)7-14(3)11(16)6-17-13/h8,19H,4-7H2,1-3H3. The zero-order valence-electron chi connectivity index (χ0n) is 11.4. The average Bonchev–Trinajstić information content (AvgIpc) is 2.33. The molecular formula is C13H19NO4S. The Morgan fingerprint density at radius 3 is 2.58 bits per heavy atom. The summed E-state index contributed by atoms with van der Waals surface area (Å²) in [5.74, 6) is 0.616. The summed E-state index contributed by atoms with van der Waals surface area (Å²) in [5, 5.41) is 0. The largest absolute Gasteiger partial charge is 0.433 e. The monoisotopic (exact) mass is 285 g/mol. The van der Waals surface area contributed by atoms with E-state index in [9.17, 15) is 9.59 Å². The Morgan fingerprint density at radius 1 is 1.37 bits per heavy atom. The topological polar surface area (TPSA) is 55.8 Å². The first-order valence-corrected chi connectivity index (χ1v) is 6.70. The van der Waals surface area contributed by atoms with Crippen LogP contribution in [0.25, 0.3) is 0 Å². The lowest BCUT2D eigenvalue weighted by Gasteiger charge is -2.43. The van der Waals surface area contributed by atoms with Crippen molar-refractivity contribution in [3.8, 4) is 0 Å². The van der Waals surface area contributed by atoms with E-state index in [0.29, 0.717) is 30.7 Å². The van der Waals surface area contributed by atoms with Crippen molar-refractivity contribution >= 4 is 24.6 Å². The molecule has 0 N–H and O–H groups in total. The molecule has 0 aromatic heterocycles. The predicted octanol–water partition coefficient (Wildman–Crippen LogP) is 1.35. The molecule has 2 aliphatic rings. The molecule has 1 unspecified atom stereocenters. The fourth-order valence-corrected chi connectivity index (χ4v) is 2.99. The van der Waals surface area contributed by atoms with Gasteiger partial charge in [0.2, 0.25) is 5.91 Å². The summed E-state index contributed by atoms with van der Waals surface area (Å²) in [4.78, 5) is 25.4. The highest BCUT2D eigenvalue weighted by Gasteiger charge is 2.46. The number of ether oxygens (including phenoxy) is 1. The van der Waals surface area contributed by atoms with Crippen molar-refractivity contribution in [2.45, 2.75) is 32.3 Å². The van der Waals surface area contributed by atoms with E-state index in [2.05, 4.69) is 12.9 Å². The maximum Gasteiger partial charge on any atom is 0.248 e. The number of hydrogen-bond acceptors (Lipinski definition) is 5. The third-order valence-electron chi connectivity index (χ3n) is 3.71. The number of amides is 1. The number of hydrogen-bond donors (Lipinski definition) is 1. The van der Waals surface area contributed by atoms with Crippen LogP contribution >= 0.6 is 12.9 Å². The van der Waals surface area contributed by atoms with E-state index >= 15 is 0 Å². The number of Topliss-reactive ketones (excluding diaryl/α,β-unsaturated/α-hetero) is 1. The molecule has 1 saturated heterocycles. The molecule has 0 radical (unpaired) electrons. The van der Waals surface area contributed by atoms with Gasteiger partial charge >= 0.3 is 0 Å². The van der Waals surface area contributed by atoms with Gasteiger partial charge in [0.05, 0.1) is 6.54 Å². The minimum atomic E-state index is -0.657. The van der Waals surface area contributed by atoms with Gasteiger partial charge in [-0.25, -0.2) is 0 Å². The van der Waals surface area contributed by atoms with Gasteiger partial charge in [0, 0.05) is 38.4 Å². The molecule has 0 aromatic carbocycles. The highest BCUT2D eigenvalue weighted by molar-refractivity contribution is 7.75. The van der Waals surface area contributed by atoms with E-state index in [0.717, 1.165) is 0 Å². The van der Waals surface area contributed by atoms with E-state index in [1.807, 2.05) is 13.8 Å². The first kappa shape index (κ1) is 14.4. The van der Waals surface area contributed by atoms with E-state index in [1.54, 1.807) is 11.9 Å². The second-order valence-corrected chi connectivity index (χ2v) is 5.76. The second-order valence-electron chi connectivity index (χ2n) is 5.58. The molecule has 1 aliphatic heterocycles.